The molecule has 18 heavy (non-hydrogen) atoms. The van der Waals surface area contributed by atoms with E-state index in [1.54, 1.807) is 5.56 Å². The van der Waals surface area contributed by atoms with Crippen molar-refractivity contribution in [3.8, 4) is 5.75 Å². The molecule has 0 amide bonds. The number of hydrogen-bond donors (Lipinski definition) is 0. The zero-order chi connectivity index (χ0) is 12.4. The molecule has 1 aliphatic carbocycles. The quantitative estimate of drug-likeness (QED) is 0.723. The minimum atomic E-state index is 0.443. The molecule has 0 bridgehead atoms. The Bertz CT molecular complexity index is 404. The van der Waals surface area contributed by atoms with Crippen molar-refractivity contribution in [3.05, 3.63) is 29.3 Å². The highest BCUT2D eigenvalue weighted by Crippen LogP contribution is 2.36. The molecular formula is C17H24O. The van der Waals surface area contributed by atoms with Crippen molar-refractivity contribution in [1.29, 1.82) is 0 Å². The number of ether oxygens (including phenoxy) is 1. The second-order valence-electron chi connectivity index (χ2n) is 5.89. The minimum absolute atomic E-state index is 0.443. The second-order valence-corrected chi connectivity index (χ2v) is 5.89. The van der Waals surface area contributed by atoms with Gasteiger partial charge in [-0.3, -0.25) is 0 Å². The van der Waals surface area contributed by atoms with Crippen molar-refractivity contribution < 1.29 is 4.74 Å². The minimum Gasteiger partial charge on any atom is -0.490 e. The van der Waals surface area contributed by atoms with Crippen LogP contribution >= 0.6 is 0 Å². The van der Waals surface area contributed by atoms with Gasteiger partial charge in [0.2, 0.25) is 0 Å². The lowest BCUT2D eigenvalue weighted by Crippen LogP contribution is -2.21. The molecule has 1 heterocycles. The first-order valence-corrected chi connectivity index (χ1v) is 7.66. The number of hydrogen-bond acceptors (Lipinski definition) is 1. The smallest absolute Gasteiger partial charge is 0.122 e. The van der Waals surface area contributed by atoms with Gasteiger partial charge >= 0.3 is 0 Å². The summed E-state index contributed by atoms with van der Waals surface area (Å²) in [6.45, 7) is 2.21. The van der Waals surface area contributed by atoms with E-state index in [4.69, 9.17) is 4.74 Å². The first-order chi connectivity index (χ1) is 8.86. The summed E-state index contributed by atoms with van der Waals surface area (Å²) in [5.74, 6) is 1.96. The Balaban J connectivity index is 1.78. The average molecular weight is 244 g/mol. The molecule has 1 unspecified atom stereocenters. The summed E-state index contributed by atoms with van der Waals surface area (Å²) in [6.07, 6.45) is 11.0. The Morgan fingerprint density at radius 2 is 1.94 bits per heavy atom. The molecule has 1 saturated carbocycles. The van der Waals surface area contributed by atoms with Crippen molar-refractivity contribution in [2.75, 3.05) is 0 Å². The molecule has 1 nitrogen and oxygen atoms in total. The maximum Gasteiger partial charge on any atom is 0.122 e. The molecule has 0 spiro atoms. The number of benzene rings is 1. The van der Waals surface area contributed by atoms with E-state index in [0.717, 1.165) is 18.1 Å². The van der Waals surface area contributed by atoms with Crippen LogP contribution in [-0.4, -0.2) is 6.10 Å². The van der Waals surface area contributed by atoms with Gasteiger partial charge in [-0.1, -0.05) is 38.3 Å². The van der Waals surface area contributed by atoms with Crippen molar-refractivity contribution in [3.63, 3.8) is 0 Å². The Morgan fingerprint density at radius 3 is 2.72 bits per heavy atom. The fourth-order valence-corrected chi connectivity index (χ4v) is 3.44. The molecule has 3 rings (SSSR count). The van der Waals surface area contributed by atoms with Crippen LogP contribution in [0.1, 0.15) is 68.9 Å². The van der Waals surface area contributed by atoms with E-state index in [-0.39, 0.29) is 0 Å². The molecule has 1 atom stereocenters. The molecule has 1 aromatic carbocycles. The molecule has 0 aromatic heterocycles. The van der Waals surface area contributed by atoms with Crippen molar-refractivity contribution in [2.24, 2.45) is 0 Å². The third-order valence-corrected chi connectivity index (χ3v) is 4.65. The average Bonchev–Trinajstić information content (AvgIpc) is 2.47. The Kier molecular flexibility index (Phi) is 3.58. The maximum atomic E-state index is 6.02. The summed E-state index contributed by atoms with van der Waals surface area (Å²) in [6, 6.07) is 6.96. The molecule has 1 heteroatoms. The summed E-state index contributed by atoms with van der Waals surface area (Å²) in [7, 11) is 0. The monoisotopic (exact) mass is 244 g/mol. The molecule has 0 N–H and O–H groups in total. The molecule has 0 radical (unpaired) electrons. The summed E-state index contributed by atoms with van der Waals surface area (Å²) < 4.78 is 6.02. The number of rotatable bonds is 2. The summed E-state index contributed by atoms with van der Waals surface area (Å²) in [4.78, 5) is 0. The van der Waals surface area contributed by atoms with Crippen LogP contribution in [0.3, 0.4) is 0 Å². The van der Waals surface area contributed by atoms with Gasteiger partial charge in [-0.2, -0.15) is 0 Å². The normalized spacial score (nSPS) is 24.4. The molecule has 1 aromatic rings. The predicted octanol–water partition coefficient (Wildman–Crippen LogP) is 4.84. The standard InChI is InChI=1S/C17H24O/c1-2-16-10-8-15-12-14(9-11-17(15)18-16)13-6-4-3-5-7-13/h9,11-13,16H,2-8,10H2,1H3. The van der Waals surface area contributed by atoms with Gasteiger partial charge in [0.25, 0.3) is 0 Å². The lowest BCUT2D eigenvalue weighted by atomic mass is 9.83. The fraction of sp³-hybridized carbons (Fsp3) is 0.647. The third kappa shape index (κ3) is 2.41. The molecule has 1 aliphatic heterocycles. The largest absolute Gasteiger partial charge is 0.490 e. The first-order valence-electron chi connectivity index (χ1n) is 7.66. The number of aryl methyl sites for hydroxylation is 1. The van der Waals surface area contributed by atoms with Gasteiger partial charge < -0.3 is 4.74 Å². The topological polar surface area (TPSA) is 9.23 Å². The summed E-state index contributed by atoms with van der Waals surface area (Å²) in [5, 5.41) is 0. The lowest BCUT2D eigenvalue weighted by molar-refractivity contribution is 0.169. The zero-order valence-corrected chi connectivity index (χ0v) is 11.5. The van der Waals surface area contributed by atoms with E-state index >= 15 is 0 Å². The van der Waals surface area contributed by atoms with E-state index < -0.39 is 0 Å². The maximum absolute atomic E-state index is 6.02. The SMILES string of the molecule is CCC1CCc2cc(C3CCCCC3)ccc2O1. The van der Waals surface area contributed by atoms with Gasteiger partial charge in [0.05, 0.1) is 6.10 Å². The Hall–Kier alpha value is -0.980. The zero-order valence-electron chi connectivity index (χ0n) is 11.5. The van der Waals surface area contributed by atoms with Gasteiger partial charge in [0.15, 0.2) is 0 Å². The van der Waals surface area contributed by atoms with Crippen LogP contribution in [0.5, 0.6) is 5.75 Å². The summed E-state index contributed by atoms with van der Waals surface area (Å²) in [5.41, 5.74) is 3.01. The van der Waals surface area contributed by atoms with E-state index in [0.29, 0.717) is 6.10 Å². The van der Waals surface area contributed by atoms with Gasteiger partial charge in [-0.25, -0.2) is 0 Å². The van der Waals surface area contributed by atoms with Gasteiger partial charge in [0, 0.05) is 0 Å². The third-order valence-electron chi connectivity index (χ3n) is 4.65. The lowest BCUT2D eigenvalue weighted by Gasteiger charge is -2.28. The Labute approximate surface area is 111 Å². The van der Waals surface area contributed by atoms with Crippen LogP contribution in [0.4, 0.5) is 0 Å². The number of fused-ring (bicyclic) bond motifs is 1. The van der Waals surface area contributed by atoms with Crippen LogP contribution in [0, 0.1) is 0 Å². The van der Waals surface area contributed by atoms with Gasteiger partial charge in [-0.15, -0.1) is 0 Å². The molecule has 98 valence electrons. The molecular weight excluding hydrogens is 220 g/mol. The second kappa shape index (κ2) is 5.34. The van der Waals surface area contributed by atoms with E-state index in [2.05, 4.69) is 25.1 Å². The van der Waals surface area contributed by atoms with Crippen LogP contribution in [0.2, 0.25) is 0 Å². The summed E-state index contributed by atoms with van der Waals surface area (Å²) >= 11 is 0. The van der Waals surface area contributed by atoms with Crippen molar-refractivity contribution in [1.82, 2.24) is 0 Å². The first kappa shape index (κ1) is 12.1. The van der Waals surface area contributed by atoms with E-state index in [1.165, 1.54) is 50.5 Å². The highest BCUT2D eigenvalue weighted by Gasteiger charge is 2.21. The highest BCUT2D eigenvalue weighted by atomic mass is 16.5. The van der Waals surface area contributed by atoms with Crippen molar-refractivity contribution >= 4 is 0 Å². The fourth-order valence-electron chi connectivity index (χ4n) is 3.44. The molecule has 0 saturated heterocycles. The van der Waals surface area contributed by atoms with Crippen LogP contribution in [-0.2, 0) is 6.42 Å². The van der Waals surface area contributed by atoms with Crippen LogP contribution in [0.15, 0.2) is 18.2 Å². The van der Waals surface area contributed by atoms with Crippen LogP contribution in [0.25, 0.3) is 0 Å². The molecule has 1 fully saturated rings. The van der Waals surface area contributed by atoms with Gasteiger partial charge in [0.1, 0.15) is 5.75 Å². The Morgan fingerprint density at radius 1 is 1.11 bits per heavy atom. The van der Waals surface area contributed by atoms with Crippen LogP contribution < -0.4 is 4.74 Å². The van der Waals surface area contributed by atoms with Gasteiger partial charge in [-0.05, 0) is 55.2 Å². The molecule has 2 aliphatic rings. The van der Waals surface area contributed by atoms with E-state index in [9.17, 15) is 0 Å². The predicted molar refractivity (Wildman–Crippen MR) is 75.3 cm³/mol. The van der Waals surface area contributed by atoms with E-state index in [1.807, 2.05) is 0 Å². The van der Waals surface area contributed by atoms with Crippen molar-refractivity contribution in [2.45, 2.75) is 70.3 Å². The highest BCUT2D eigenvalue weighted by molar-refractivity contribution is 5.40.